The highest BCUT2D eigenvalue weighted by Gasteiger charge is 2.36. The zero-order valence-electron chi connectivity index (χ0n) is 10.3. The topological polar surface area (TPSA) is 40.5 Å². The summed E-state index contributed by atoms with van der Waals surface area (Å²) in [4.78, 5) is 0. The maximum atomic E-state index is 10.9. The zero-order chi connectivity index (χ0) is 14.0. The first-order valence-corrected chi connectivity index (χ1v) is 6.62. The fourth-order valence-corrected chi connectivity index (χ4v) is 2.31. The summed E-state index contributed by atoms with van der Waals surface area (Å²) in [6.07, 6.45) is -0.977. The molecule has 0 unspecified atom stereocenters. The van der Waals surface area contributed by atoms with Gasteiger partial charge in [-0.1, -0.05) is 47.5 Å². The Kier molecular flexibility index (Phi) is 4.16. The van der Waals surface area contributed by atoms with Gasteiger partial charge >= 0.3 is 0 Å². The molecule has 19 heavy (non-hydrogen) atoms. The maximum Gasteiger partial charge on any atom is 0.140 e. The Hall–Kier alpha value is -1.06. The molecule has 2 aromatic rings. The van der Waals surface area contributed by atoms with Gasteiger partial charge in [0.2, 0.25) is 0 Å². The molecular formula is C15H14Cl2O2. The lowest BCUT2D eigenvalue weighted by Crippen LogP contribution is -2.38. The largest absolute Gasteiger partial charge is 0.390 e. The van der Waals surface area contributed by atoms with Crippen LogP contribution in [0.2, 0.25) is 10.0 Å². The molecule has 4 heteroatoms. The summed E-state index contributed by atoms with van der Waals surface area (Å²) in [6.45, 7) is 1.54. The molecule has 2 aromatic carbocycles. The van der Waals surface area contributed by atoms with Crippen LogP contribution in [-0.4, -0.2) is 16.3 Å². The molecule has 0 bridgehead atoms. The molecule has 2 rings (SSSR count). The second-order valence-corrected chi connectivity index (χ2v) is 5.33. The fraction of sp³-hybridized carbons (Fsp3) is 0.200. The van der Waals surface area contributed by atoms with Crippen LogP contribution in [0.25, 0.3) is 0 Å². The van der Waals surface area contributed by atoms with Crippen molar-refractivity contribution in [1.29, 1.82) is 0 Å². The lowest BCUT2D eigenvalue weighted by molar-refractivity contribution is -0.0394. The normalized spacial score (nSPS) is 13.3. The van der Waals surface area contributed by atoms with E-state index in [1.54, 1.807) is 55.5 Å². The van der Waals surface area contributed by atoms with Gasteiger partial charge in [-0.05, 0) is 42.3 Å². The SMILES string of the molecule is C[C@@H](O)C(O)(c1ccc(Cl)cc1)c1ccc(Cl)cc1. The van der Waals surface area contributed by atoms with Gasteiger partial charge in [0, 0.05) is 10.0 Å². The highest BCUT2D eigenvalue weighted by atomic mass is 35.5. The van der Waals surface area contributed by atoms with Crippen LogP contribution in [0.15, 0.2) is 48.5 Å². The van der Waals surface area contributed by atoms with Crippen molar-refractivity contribution >= 4 is 23.2 Å². The van der Waals surface area contributed by atoms with Gasteiger partial charge in [-0.2, -0.15) is 0 Å². The van der Waals surface area contributed by atoms with E-state index in [4.69, 9.17) is 23.2 Å². The minimum Gasteiger partial charge on any atom is -0.390 e. The Labute approximate surface area is 122 Å². The van der Waals surface area contributed by atoms with E-state index in [0.29, 0.717) is 21.2 Å². The Balaban J connectivity index is 2.54. The molecule has 0 aliphatic heterocycles. The van der Waals surface area contributed by atoms with Crippen molar-refractivity contribution in [3.63, 3.8) is 0 Å². The number of aliphatic hydroxyl groups is 2. The number of halogens is 2. The summed E-state index contributed by atoms with van der Waals surface area (Å²) in [6, 6.07) is 13.5. The highest BCUT2D eigenvalue weighted by molar-refractivity contribution is 6.30. The van der Waals surface area contributed by atoms with E-state index in [0.717, 1.165) is 0 Å². The van der Waals surface area contributed by atoms with Crippen molar-refractivity contribution in [2.75, 3.05) is 0 Å². The van der Waals surface area contributed by atoms with Crippen LogP contribution < -0.4 is 0 Å². The Bertz CT molecular complexity index is 502. The monoisotopic (exact) mass is 296 g/mol. The third-order valence-corrected chi connectivity index (χ3v) is 3.68. The minimum absolute atomic E-state index is 0.577. The minimum atomic E-state index is -1.49. The van der Waals surface area contributed by atoms with Gasteiger partial charge in [0.15, 0.2) is 0 Å². The van der Waals surface area contributed by atoms with Crippen LogP contribution in [0.1, 0.15) is 18.1 Å². The molecule has 0 aromatic heterocycles. The van der Waals surface area contributed by atoms with Gasteiger partial charge < -0.3 is 10.2 Å². The summed E-state index contributed by atoms with van der Waals surface area (Å²) >= 11 is 11.7. The number of rotatable bonds is 3. The second-order valence-electron chi connectivity index (χ2n) is 4.46. The quantitative estimate of drug-likeness (QED) is 0.908. The summed E-state index contributed by atoms with van der Waals surface area (Å²) in [5.74, 6) is 0. The van der Waals surface area contributed by atoms with Crippen LogP contribution in [0.3, 0.4) is 0 Å². The molecule has 100 valence electrons. The third kappa shape index (κ3) is 2.77. The van der Waals surface area contributed by atoms with Gasteiger partial charge in [0.05, 0.1) is 6.10 Å². The molecule has 2 N–H and O–H groups in total. The summed E-state index contributed by atoms with van der Waals surface area (Å²) in [7, 11) is 0. The van der Waals surface area contributed by atoms with Gasteiger partial charge in [-0.3, -0.25) is 0 Å². The molecule has 1 atom stereocenters. The van der Waals surface area contributed by atoms with Crippen molar-refractivity contribution < 1.29 is 10.2 Å². The first-order valence-electron chi connectivity index (χ1n) is 5.87. The fourth-order valence-electron chi connectivity index (χ4n) is 2.06. The van der Waals surface area contributed by atoms with Crippen molar-refractivity contribution in [3.8, 4) is 0 Å². The summed E-state index contributed by atoms with van der Waals surface area (Å²) in [5, 5.41) is 22.0. The first kappa shape index (κ1) is 14.4. The average Bonchev–Trinajstić information content (AvgIpc) is 2.39. The molecule has 0 aliphatic rings. The number of aliphatic hydroxyl groups excluding tert-OH is 1. The summed E-state index contributed by atoms with van der Waals surface area (Å²) < 4.78 is 0. The first-order chi connectivity index (χ1) is 8.94. The van der Waals surface area contributed by atoms with Crippen LogP contribution >= 0.6 is 23.2 Å². The van der Waals surface area contributed by atoms with Gasteiger partial charge in [0.25, 0.3) is 0 Å². The second kappa shape index (κ2) is 5.51. The van der Waals surface area contributed by atoms with Crippen molar-refractivity contribution in [2.45, 2.75) is 18.6 Å². The number of hydrogen-bond donors (Lipinski definition) is 2. The molecule has 2 nitrogen and oxygen atoms in total. The van der Waals surface area contributed by atoms with Crippen LogP contribution in [0, 0.1) is 0 Å². The average molecular weight is 297 g/mol. The van der Waals surface area contributed by atoms with E-state index in [2.05, 4.69) is 0 Å². The molecule has 0 amide bonds. The third-order valence-electron chi connectivity index (χ3n) is 3.17. The van der Waals surface area contributed by atoms with E-state index >= 15 is 0 Å². The van der Waals surface area contributed by atoms with E-state index in [1.165, 1.54) is 0 Å². The lowest BCUT2D eigenvalue weighted by Gasteiger charge is -2.32. The van der Waals surface area contributed by atoms with E-state index < -0.39 is 11.7 Å². The van der Waals surface area contributed by atoms with Crippen LogP contribution in [0.4, 0.5) is 0 Å². The molecule has 0 heterocycles. The van der Waals surface area contributed by atoms with Crippen molar-refractivity contribution in [1.82, 2.24) is 0 Å². The highest BCUT2D eigenvalue weighted by Crippen LogP contribution is 2.34. The molecular weight excluding hydrogens is 283 g/mol. The van der Waals surface area contributed by atoms with Crippen molar-refractivity contribution in [2.24, 2.45) is 0 Å². The predicted molar refractivity (Wildman–Crippen MR) is 77.6 cm³/mol. The Morgan fingerprint density at radius 3 is 1.42 bits per heavy atom. The molecule has 0 spiro atoms. The molecule has 0 aliphatic carbocycles. The maximum absolute atomic E-state index is 10.9. The van der Waals surface area contributed by atoms with E-state index in [-0.39, 0.29) is 0 Å². The van der Waals surface area contributed by atoms with Crippen LogP contribution in [-0.2, 0) is 5.60 Å². The molecule has 0 saturated carbocycles. The zero-order valence-corrected chi connectivity index (χ0v) is 11.9. The molecule has 0 saturated heterocycles. The molecule has 0 fully saturated rings. The smallest absolute Gasteiger partial charge is 0.140 e. The van der Waals surface area contributed by atoms with E-state index in [1.807, 2.05) is 0 Å². The van der Waals surface area contributed by atoms with Crippen molar-refractivity contribution in [3.05, 3.63) is 69.7 Å². The lowest BCUT2D eigenvalue weighted by atomic mass is 9.82. The van der Waals surface area contributed by atoms with E-state index in [9.17, 15) is 10.2 Å². The number of benzene rings is 2. The Morgan fingerprint density at radius 2 is 1.16 bits per heavy atom. The predicted octanol–water partition coefficient (Wildman–Crippen LogP) is 3.61. The van der Waals surface area contributed by atoms with Crippen LogP contribution in [0.5, 0.6) is 0 Å². The number of hydrogen-bond acceptors (Lipinski definition) is 2. The van der Waals surface area contributed by atoms with Gasteiger partial charge in [-0.25, -0.2) is 0 Å². The van der Waals surface area contributed by atoms with Gasteiger partial charge in [-0.15, -0.1) is 0 Å². The summed E-state index contributed by atoms with van der Waals surface area (Å²) in [5.41, 5.74) is -0.335. The van der Waals surface area contributed by atoms with Gasteiger partial charge in [0.1, 0.15) is 5.60 Å². The molecule has 0 radical (unpaired) electrons. The Morgan fingerprint density at radius 1 is 0.842 bits per heavy atom. The standard InChI is InChI=1S/C15H14Cl2O2/c1-10(18)15(19,11-2-6-13(16)7-3-11)12-4-8-14(17)9-5-12/h2-10,18-19H,1H3/t10-/m1/s1.